The molecule has 1 aliphatic rings. The van der Waals surface area contributed by atoms with Gasteiger partial charge in [0.05, 0.1) is 34.1 Å². The average molecular weight is 717 g/mol. The number of aromatic nitrogens is 3. The van der Waals surface area contributed by atoms with Crippen LogP contribution in [-0.4, -0.2) is 50.8 Å². The van der Waals surface area contributed by atoms with Crippen molar-refractivity contribution in [2.75, 3.05) is 36.8 Å². The molecule has 262 valence electrons. The first kappa shape index (κ1) is 35.6. The Morgan fingerprint density at radius 3 is 2.48 bits per heavy atom. The number of nitrogens with one attached hydrogen (secondary N) is 2. The lowest BCUT2D eigenvalue weighted by Gasteiger charge is -2.33. The molecule has 50 heavy (non-hydrogen) atoms. The van der Waals surface area contributed by atoms with Gasteiger partial charge in [0, 0.05) is 23.4 Å². The van der Waals surface area contributed by atoms with E-state index in [0.717, 1.165) is 71.5 Å². The van der Waals surface area contributed by atoms with Crippen molar-refractivity contribution in [1.82, 2.24) is 19.9 Å². The molecule has 6 rings (SSSR count). The van der Waals surface area contributed by atoms with Gasteiger partial charge in [0.2, 0.25) is 5.95 Å². The highest BCUT2D eigenvalue weighted by Gasteiger charge is 2.24. The first-order valence-corrected chi connectivity index (χ1v) is 18.9. The van der Waals surface area contributed by atoms with Gasteiger partial charge in [-0.1, -0.05) is 39.0 Å². The Balaban J connectivity index is 1.27. The normalized spacial score (nSPS) is 14.6. The number of nitrogens with zero attached hydrogens (tertiary/aromatic N) is 4. The van der Waals surface area contributed by atoms with Crippen LogP contribution in [0.5, 0.6) is 5.75 Å². The lowest BCUT2D eigenvalue weighted by atomic mass is 9.86. The highest BCUT2D eigenvalue weighted by Crippen LogP contribution is 2.41. The average Bonchev–Trinajstić information content (AvgIpc) is 3.56. The highest BCUT2D eigenvalue weighted by molar-refractivity contribution is 7.86. The Hall–Kier alpha value is -4.26. The molecule has 0 saturated carbocycles. The number of hydrogen-bond acceptors (Lipinski definition) is 8. The number of methoxy groups -OCH3 is 1. The molecule has 2 aromatic heterocycles. The molecule has 12 heteroatoms. The van der Waals surface area contributed by atoms with Crippen molar-refractivity contribution in [3.05, 3.63) is 94.6 Å². The predicted molar refractivity (Wildman–Crippen MR) is 199 cm³/mol. The lowest BCUT2D eigenvalue weighted by molar-refractivity contribution is 0.212. The second kappa shape index (κ2) is 15.7. The van der Waals surface area contributed by atoms with E-state index in [-0.39, 0.29) is 5.92 Å². The van der Waals surface area contributed by atoms with E-state index in [1.165, 1.54) is 23.6 Å². The highest BCUT2D eigenvalue weighted by atomic mass is 32.2. The molecule has 1 atom stereocenters. The van der Waals surface area contributed by atoms with Crippen LogP contribution in [0.2, 0.25) is 0 Å². The SMILES string of the molecule is CCCN1CCC(c2cc(OC)c(Nc3nccc(-c4sc(C(C)C)nc4-c4cccc(NS(=O)c5c(F)cccc5F)c4)n3)cc2C)CC1. The summed E-state index contributed by atoms with van der Waals surface area (Å²) in [6.07, 6.45) is 5.17. The third kappa shape index (κ3) is 7.87. The number of anilines is 3. The molecule has 0 spiro atoms. The third-order valence-corrected chi connectivity index (χ3v) is 11.4. The number of thiazole rings is 1. The van der Waals surface area contributed by atoms with Crippen molar-refractivity contribution in [2.24, 2.45) is 0 Å². The molecule has 0 amide bonds. The molecule has 3 aromatic carbocycles. The van der Waals surface area contributed by atoms with E-state index in [0.29, 0.717) is 28.9 Å². The van der Waals surface area contributed by atoms with Crippen LogP contribution in [0.15, 0.2) is 71.8 Å². The minimum absolute atomic E-state index is 0.161. The molecule has 3 heterocycles. The zero-order chi connectivity index (χ0) is 35.4. The number of ether oxygens (including phenoxy) is 1. The Labute approximate surface area is 299 Å². The number of likely N-dealkylation sites (tertiary alicyclic amines) is 1. The van der Waals surface area contributed by atoms with Gasteiger partial charge in [-0.05, 0) is 105 Å². The van der Waals surface area contributed by atoms with E-state index >= 15 is 0 Å². The zero-order valence-electron chi connectivity index (χ0n) is 28.9. The van der Waals surface area contributed by atoms with Crippen molar-refractivity contribution < 1.29 is 17.7 Å². The second-order valence-corrected chi connectivity index (χ2v) is 15.0. The van der Waals surface area contributed by atoms with Gasteiger partial charge in [0.1, 0.15) is 22.3 Å². The summed E-state index contributed by atoms with van der Waals surface area (Å²) >= 11 is 1.55. The van der Waals surface area contributed by atoms with Gasteiger partial charge in [0.15, 0.2) is 11.0 Å². The number of hydrogen-bond donors (Lipinski definition) is 2. The molecule has 1 aliphatic heterocycles. The molecule has 1 fully saturated rings. The molecule has 0 radical (unpaired) electrons. The quantitative estimate of drug-likeness (QED) is 0.133. The summed E-state index contributed by atoms with van der Waals surface area (Å²) in [4.78, 5) is 17.3. The number of rotatable bonds is 12. The van der Waals surface area contributed by atoms with Gasteiger partial charge < -0.3 is 19.7 Å². The number of piperidine rings is 1. The minimum atomic E-state index is -2.16. The van der Waals surface area contributed by atoms with E-state index in [4.69, 9.17) is 14.7 Å². The fourth-order valence-electron chi connectivity index (χ4n) is 6.36. The number of halogens is 2. The van der Waals surface area contributed by atoms with Crippen molar-refractivity contribution >= 4 is 39.6 Å². The van der Waals surface area contributed by atoms with Gasteiger partial charge in [0.25, 0.3) is 0 Å². The van der Waals surface area contributed by atoms with Crippen molar-refractivity contribution in [3.8, 4) is 27.6 Å². The Morgan fingerprint density at radius 1 is 1.04 bits per heavy atom. The Kier molecular flexibility index (Phi) is 11.2. The van der Waals surface area contributed by atoms with Crippen LogP contribution in [0.4, 0.5) is 26.1 Å². The summed E-state index contributed by atoms with van der Waals surface area (Å²) in [6.45, 7) is 11.9. The molecule has 0 aliphatic carbocycles. The van der Waals surface area contributed by atoms with Crippen LogP contribution in [0.3, 0.4) is 0 Å². The van der Waals surface area contributed by atoms with E-state index in [2.05, 4.69) is 59.8 Å². The summed E-state index contributed by atoms with van der Waals surface area (Å²) in [7, 11) is -0.474. The van der Waals surface area contributed by atoms with Crippen molar-refractivity contribution in [3.63, 3.8) is 0 Å². The first-order chi connectivity index (χ1) is 24.1. The fourth-order valence-corrected chi connectivity index (χ4v) is 8.35. The summed E-state index contributed by atoms with van der Waals surface area (Å²) < 4.78 is 50.2. The van der Waals surface area contributed by atoms with Crippen LogP contribution >= 0.6 is 11.3 Å². The molecule has 2 N–H and O–H groups in total. The monoisotopic (exact) mass is 716 g/mol. The molecule has 8 nitrogen and oxygen atoms in total. The standard InChI is InChI=1S/C38H42F2N6O2S2/c1-6-17-46-18-14-25(15-19-46)28-22-33(48-5)32(20-24(28)4)43-38-41-16-13-31(42-38)35-34(44-37(49-35)23(2)3)26-9-7-10-27(21-26)45-50(47)36-29(39)11-8-12-30(36)40/h7-13,16,20-23,25,45H,6,14-15,17-19H2,1-5H3,(H,41,42,43). The molecule has 1 saturated heterocycles. The number of aryl methyl sites for hydroxylation is 1. The van der Waals surface area contributed by atoms with Crippen LogP contribution in [-0.2, 0) is 11.0 Å². The largest absolute Gasteiger partial charge is 0.495 e. The summed E-state index contributed by atoms with van der Waals surface area (Å²) in [5, 5.41) is 4.32. The van der Waals surface area contributed by atoms with Crippen LogP contribution in [0, 0.1) is 18.6 Å². The third-order valence-electron chi connectivity index (χ3n) is 8.88. The van der Waals surface area contributed by atoms with Crippen LogP contribution < -0.4 is 14.8 Å². The van der Waals surface area contributed by atoms with Crippen molar-refractivity contribution in [1.29, 1.82) is 0 Å². The maximum absolute atomic E-state index is 14.3. The van der Waals surface area contributed by atoms with Gasteiger partial charge in [-0.15, -0.1) is 11.3 Å². The smallest absolute Gasteiger partial charge is 0.227 e. The van der Waals surface area contributed by atoms with Crippen LogP contribution in [0.1, 0.15) is 68.0 Å². The fraction of sp³-hybridized carbons (Fsp3) is 0.342. The Morgan fingerprint density at radius 2 is 1.78 bits per heavy atom. The topological polar surface area (TPSA) is 92.3 Å². The van der Waals surface area contributed by atoms with E-state index in [1.807, 2.05) is 12.1 Å². The van der Waals surface area contributed by atoms with Gasteiger partial charge in [-0.25, -0.2) is 27.9 Å². The van der Waals surface area contributed by atoms with E-state index in [9.17, 15) is 13.0 Å². The summed E-state index contributed by atoms with van der Waals surface area (Å²) in [5.41, 5.74) is 5.86. The van der Waals surface area contributed by atoms with E-state index < -0.39 is 27.5 Å². The molecule has 5 aromatic rings. The van der Waals surface area contributed by atoms with Gasteiger partial charge >= 0.3 is 0 Å². The maximum Gasteiger partial charge on any atom is 0.227 e. The first-order valence-electron chi connectivity index (χ1n) is 16.9. The van der Waals surface area contributed by atoms with E-state index in [1.54, 1.807) is 42.8 Å². The molecule has 0 bridgehead atoms. The summed E-state index contributed by atoms with van der Waals surface area (Å²) in [6, 6.07) is 16.7. The van der Waals surface area contributed by atoms with Gasteiger partial charge in [-0.3, -0.25) is 0 Å². The van der Waals surface area contributed by atoms with Crippen LogP contribution in [0.25, 0.3) is 21.8 Å². The molecule has 1 unspecified atom stereocenters. The zero-order valence-corrected chi connectivity index (χ0v) is 30.6. The Bertz CT molecular complexity index is 1970. The van der Waals surface area contributed by atoms with Gasteiger partial charge in [-0.2, -0.15) is 0 Å². The maximum atomic E-state index is 14.3. The lowest BCUT2D eigenvalue weighted by Crippen LogP contribution is -2.33. The number of benzene rings is 3. The second-order valence-electron chi connectivity index (χ2n) is 12.8. The summed E-state index contributed by atoms with van der Waals surface area (Å²) in [5.74, 6) is 0.0668. The molecular formula is C38H42F2N6O2S2. The van der Waals surface area contributed by atoms with Crippen molar-refractivity contribution in [2.45, 2.75) is 63.7 Å². The predicted octanol–water partition coefficient (Wildman–Crippen LogP) is 9.45. The minimum Gasteiger partial charge on any atom is -0.495 e. The molecular weight excluding hydrogens is 675 g/mol.